The monoisotopic (exact) mass is 439 g/mol. The first kappa shape index (κ1) is 20.0. The highest BCUT2D eigenvalue weighted by Crippen LogP contribution is 2.31. The molecule has 4 rings (SSSR count). The summed E-state index contributed by atoms with van der Waals surface area (Å²) in [5.74, 6) is -0.859. The molecular formula is C21H17N3O4S2. The molecule has 0 saturated heterocycles. The lowest BCUT2D eigenvalue weighted by Crippen LogP contribution is -2.25. The van der Waals surface area contributed by atoms with Gasteiger partial charge in [-0.25, -0.2) is 4.79 Å². The van der Waals surface area contributed by atoms with Gasteiger partial charge in [0.15, 0.2) is 5.69 Å². The average Bonchev–Trinajstić information content (AvgIpc) is 3.39. The van der Waals surface area contributed by atoms with E-state index in [9.17, 15) is 14.4 Å². The van der Waals surface area contributed by atoms with E-state index in [1.54, 1.807) is 36.6 Å². The third-order valence-electron chi connectivity index (χ3n) is 4.29. The molecule has 0 radical (unpaired) electrons. The van der Waals surface area contributed by atoms with Crippen molar-refractivity contribution in [3.05, 3.63) is 74.1 Å². The number of carbonyl (C=O) groups excluding carboxylic acids is 2. The summed E-state index contributed by atoms with van der Waals surface area (Å²) in [6.07, 6.45) is 0.208. The predicted octanol–water partition coefficient (Wildman–Crippen LogP) is 3.87. The lowest BCUT2D eigenvalue weighted by molar-refractivity contribution is -0.115. The van der Waals surface area contributed by atoms with Crippen LogP contribution < -0.4 is 10.9 Å². The lowest BCUT2D eigenvalue weighted by atomic mass is 10.2. The molecule has 0 atom stereocenters. The Hall–Kier alpha value is -3.30. The van der Waals surface area contributed by atoms with Crippen molar-refractivity contribution in [1.82, 2.24) is 9.78 Å². The molecule has 1 amide bonds. The Morgan fingerprint density at radius 3 is 2.63 bits per heavy atom. The predicted molar refractivity (Wildman–Crippen MR) is 118 cm³/mol. The number of aromatic nitrogens is 2. The molecule has 0 bridgehead atoms. The molecule has 0 aliphatic heterocycles. The number of nitrogens with zero attached hydrogens (tertiary/aromatic N) is 2. The zero-order valence-electron chi connectivity index (χ0n) is 16.0. The fraction of sp³-hybridized carbons (Fsp3) is 0.143. The van der Waals surface area contributed by atoms with Crippen LogP contribution in [-0.4, -0.2) is 28.3 Å². The normalized spacial score (nSPS) is 10.8. The Labute approximate surface area is 179 Å². The Kier molecular flexibility index (Phi) is 5.73. The van der Waals surface area contributed by atoms with Crippen LogP contribution in [0, 0.1) is 0 Å². The number of carbonyl (C=O) groups is 2. The molecule has 4 aromatic rings. The number of hydrogen-bond acceptors (Lipinski definition) is 7. The quantitative estimate of drug-likeness (QED) is 0.461. The number of thiophene rings is 2. The van der Waals surface area contributed by atoms with Gasteiger partial charge in [-0.3, -0.25) is 9.59 Å². The Bertz CT molecular complexity index is 1260. The van der Waals surface area contributed by atoms with Crippen LogP contribution in [0.1, 0.15) is 22.3 Å². The Balaban J connectivity index is 1.82. The fourth-order valence-electron chi connectivity index (χ4n) is 2.98. The first-order valence-electron chi connectivity index (χ1n) is 9.17. The summed E-state index contributed by atoms with van der Waals surface area (Å²) in [5.41, 5.74) is 0.124. The number of amides is 1. The van der Waals surface area contributed by atoms with Crippen molar-refractivity contribution < 1.29 is 14.3 Å². The highest BCUT2D eigenvalue weighted by atomic mass is 32.1. The number of benzene rings is 1. The topological polar surface area (TPSA) is 90.3 Å². The van der Waals surface area contributed by atoms with E-state index < -0.39 is 11.5 Å². The maximum Gasteiger partial charge on any atom is 0.359 e. The van der Waals surface area contributed by atoms with Crippen molar-refractivity contribution in [3.63, 3.8) is 0 Å². The van der Waals surface area contributed by atoms with E-state index in [0.717, 1.165) is 9.56 Å². The number of para-hydroxylation sites is 1. The van der Waals surface area contributed by atoms with E-state index in [2.05, 4.69) is 10.4 Å². The van der Waals surface area contributed by atoms with E-state index in [1.807, 2.05) is 23.6 Å². The van der Waals surface area contributed by atoms with Crippen molar-refractivity contribution in [2.75, 3.05) is 11.9 Å². The van der Waals surface area contributed by atoms with Crippen LogP contribution in [0.2, 0.25) is 0 Å². The highest BCUT2D eigenvalue weighted by molar-refractivity contribution is 7.16. The van der Waals surface area contributed by atoms with Crippen LogP contribution in [-0.2, 0) is 16.0 Å². The Morgan fingerprint density at radius 1 is 1.13 bits per heavy atom. The number of anilines is 1. The molecule has 0 unspecified atom stereocenters. The van der Waals surface area contributed by atoms with Crippen LogP contribution in [0.5, 0.6) is 0 Å². The molecule has 152 valence electrons. The van der Waals surface area contributed by atoms with Gasteiger partial charge in [-0.1, -0.05) is 24.3 Å². The van der Waals surface area contributed by atoms with Crippen LogP contribution in [0.15, 0.2) is 58.0 Å². The second-order valence-corrected chi connectivity index (χ2v) is 8.19. The van der Waals surface area contributed by atoms with Crippen LogP contribution in [0.3, 0.4) is 0 Å². The summed E-state index contributed by atoms with van der Waals surface area (Å²) < 4.78 is 6.29. The van der Waals surface area contributed by atoms with Crippen molar-refractivity contribution in [2.45, 2.75) is 13.3 Å². The second kappa shape index (κ2) is 8.60. The van der Waals surface area contributed by atoms with Gasteiger partial charge in [-0.2, -0.15) is 9.78 Å². The van der Waals surface area contributed by atoms with Gasteiger partial charge in [0.05, 0.1) is 24.1 Å². The highest BCUT2D eigenvalue weighted by Gasteiger charge is 2.23. The van der Waals surface area contributed by atoms with Gasteiger partial charge < -0.3 is 10.1 Å². The summed E-state index contributed by atoms with van der Waals surface area (Å²) in [6, 6.07) is 12.6. The van der Waals surface area contributed by atoms with E-state index >= 15 is 0 Å². The second-order valence-electron chi connectivity index (χ2n) is 6.28. The van der Waals surface area contributed by atoms with Crippen LogP contribution in [0.4, 0.5) is 5.00 Å². The fourth-order valence-corrected chi connectivity index (χ4v) is 4.63. The minimum atomic E-state index is -0.624. The Morgan fingerprint density at radius 2 is 1.93 bits per heavy atom. The first-order chi connectivity index (χ1) is 14.6. The number of hydrogen-bond donors (Lipinski definition) is 1. The molecule has 0 saturated carbocycles. The summed E-state index contributed by atoms with van der Waals surface area (Å²) in [5, 5.41) is 11.6. The molecule has 0 aliphatic carbocycles. The molecule has 0 aliphatic rings. The van der Waals surface area contributed by atoms with Crippen molar-refractivity contribution >= 4 is 50.3 Å². The first-order valence-corrected chi connectivity index (χ1v) is 10.9. The van der Waals surface area contributed by atoms with Gasteiger partial charge in [0.1, 0.15) is 5.00 Å². The van der Waals surface area contributed by atoms with Crippen molar-refractivity contribution in [2.24, 2.45) is 0 Å². The maximum absolute atomic E-state index is 13.2. The zero-order valence-corrected chi connectivity index (χ0v) is 17.6. The SMILES string of the molecule is CCOC(=O)c1nn(-c2ccccc2)c(=O)c2c(NC(=O)Cc3cccs3)scc12. The summed E-state index contributed by atoms with van der Waals surface area (Å²) in [6.45, 7) is 1.88. The van der Waals surface area contributed by atoms with Gasteiger partial charge in [0, 0.05) is 15.6 Å². The molecule has 3 aromatic heterocycles. The third-order valence-corrected chi connectivity index (χ3v) is 6.06. The summed E-state index contributed by atoms with van der Waals surface area (Å²) >= 11 is 2.67. The average molecular weight is 440 g/mol. The van der Waals surface area contributed by atoms with Crippen molar-refractivity contribution in [3.8, 4) is 5.69 Å². The molecule has 7 nitrogen and oxygen atoms in total. The van der Waals surface area contributed by atoms with Crippen molar-refractivity contribution in [1.29, 1.82) is 0 Å². The summed E-state index contributed by atoms with van der Waals surface area (Å²) in [7, 11) is 0. The van der Waals surface area contributed by atoms with Gasteiger partial charge in [-0.15, -0.1) is 22.7 Å². The van der Waals surface area contributed by atoms with E-state index in [0.29, 0.717) is 16.1 Å². The molecular weight excluding hydrogens is 422 g/mol. The van der Waals surface area contributed by atoms with Gasteiger partial charge >= 0.3 is 5.97 Å². The largest absolute Gasteiger partial charge is 0.461 e. The number of esters is 1. The number of rotatable bonds is 6. The molecule has 1 aromatic carbocycles. The third kappa shape index (κ3) is 3.89. The minimum absolute atomic E-state index is 0.0327. The molecule has 0 fully saturated rings. The minimum Gasteiger partial charge on any atom is -0.461 e. The van der Waals surface area contributed by atoms with Crippen LogP contribution >= 0.6 is 22.7 Å². The van der Waals surface area contributed by atoms with E-state index in [4.69, 9.17) is 4.74 Å². The maximum atomic E-state index is 13.2. The number of fused-ring (bicyclic) bond motifs is 1. The summed E-state index contributed by atoms with van der Waals surface area (Å²) in [4.78, 5) is 39.2. The molecule has 0 spiro atoms. The smallest absolute Gasteiger partial charge is 0.359 e. The van der Waals surface area contributed by atoms with E-state index in [-0.39, 0.29) is 30.0 Å². The lowest BCUT2D eigenvalue weighted by Gasteiger charge is -2.09. The number of nitrogens with one attached hydrogen (secondary N) is 1. The molecule has 30 heavy (non-hydrogen) atoms. The zero-order chi connectivity index (χ0) is 21.1. The number of ether oxygens (including phenoxy) is 1. The van der Waals surface area contributed by atoms with Gasteiger partial charge in [0.25, 0.3) is 5.56 Å². The van der Waals surface area contributed by atoms with E-state index in [1.165, 1.54) is 22.7 Å². The van der Waals surface area contributed by atoms with Crippen LogP contribution in [0.25, 0.3) is 16.5 Å². The van der Waals surface area contributed by atoms with Gasteiger partial charge in [-0.05, 0) is 30.5 Å². The molecule has 3 heterocycles. The standard InChI is InChI=1S/C21H17N3O4S2/c1-2-28-21(27)18-15-12-30-19(22-16(25)11-14-9-6-10-29-14)17(15)20(26)24(23-18)13-7-4-3-5-8-13/h3-10,12H,2,11H2,1H3,(H,22,25). The molecule has 9 heteroatoms. The molecule has 1 N–H and O–H groups in total. The van der Waals surface area contributed by atoms with Gasteiger partial charge in [0.2, 0.25) is 5.91 Å².